The van der Waals surface area contributed by atoms with E-state index in [2.05, 4.69) is 20.2 Å². The highest BCUT2D eigenvalue weighted by Crippen LogP contribution is 2.31. The minimum Gasteiger partial charge on any atom is -0.496 e. The maximum Gasteiger partial charge on any atom is 0.284 e. The van der Waals surface area contributed by atoms with Crippen LogP contribution < -0.4 is 21.3 Å². The summed E-state index contributed by atoms with van der Waals surface area (Å²) in [5.74, 6) is 0.752. The van der Waals surface area contributed by atoms with E-state index in [0.717, 1.165) is 22.9 Å². The van der Waals surface area contributed by atoms with Gasteiger partial charge in [-0.25, -0.2) is 10.4 Å². The van der Waals surface area contributed by atoms with Crippen molar-refractivity contribution >= 4 is 45.6 Å². The number of ketones is 1. The zero-order valence-corrected chi connectivity index (χ0v) is 22.7. The molecule has 196 valence electrons. The predicted molar refractivity (Wildman–Crippen MR) is 144 cm³/mol. The lowest BCUT2D eigenvalue weighted by Crippen LogP contribution is -2.35. The largest absolute Gasteiger partial charge is 0.496 e. The summed E-state index contributed by atoms with van der Waals surface area (Å²) in [6.45, 7) is 5.70. The van der Waals surface area contributed by atoms with Crippen LogP contribution in [0.3, 0.4) is 0 Å². The molecule has 0 amide bonds. The molecule has 0 aliphatic heterocycles. The van der Waals surface area contributed by atoms with Crippen LogP contribution in [0.4, 0.5) is 0 Å². The molecule has 1 heterocycles. The van der Waals surface area contributed by atoms with Crippen LogP contribution in [0.25, 0.3) is 11.0 Å². The van der Waals surface area contributed by atoms with Gasteiger partial charge in [0.2, 0.25) is 5.78 Å². The fourth-order valence-corrected chi connectivity index (χ4v) is 5.27. The first-order valence-electron chi connectivity index (χ1n) is 11.2. The zero-order valence-electron chi connectivity index (χ0n) is 21.0. The molecule has 36 heavy (non-hydrogen) atoms. The lowest BCUT2D eigenvalue weighted by molar-refractivity contribution is 0.0943. The van der Waals surface area contributed by atoms with E-state index in [9.17, 15) is 13.2 Å². The Bertz CT molecular complexity index is 1370. The summed E-state index contributed by atoms with van der Waals surface area (Å²) in [6, 6.07) is 8.52. The summed E-state index contributed by atoms with van der Waals surface area (Å²) in [5.41, 5.74) is 15.2. The van der Waals surface area contributed by atoms with Gasteiger partial charge in [-0.2, -0.15) is 8.42 Å². The highest BCUT2D eigenvalue weighted by atomic mass is 35.5. The molecular formula is C24H33ClN6O4S. The van der Waals surface area contributed by atoms with E-state index in [4.69, 9.17) is 10.5 Å². The molecule has 0 spiro atoms. The molecule has 0 aliphatic rings. The molecular weight excluding hydrogens is 504 g/mol. The monoisotopic (exact) mass is 536 g/mol. The van der Waals surface area contributed by atoms with Crippen LogP contribution in [-0.2, 0) is 17.1 Å². The third-order valence-electron chi connectivity index (χ3n) is 5.98. The second-order valence-corrected chi connectivity index (χ2v) is 9.92. The number of benzene rings is 2. The van der Waals surface area contributed by atoms with Crippen molar-refractivity contribution in [2.75, 3.05) is 13.7 Å². The van der Waals surface area contributed by atoms with Crippen molar-refractivity contribution in [2.24, 2.45) is 17.2 Å². The summed E-state index contributed by atoms with van der Waals surface area (Å²) in [7, 11) is -0.551. The van der Waals surface area contributed by atoms with Gasteiger partial charge < -0.3 is 20.5 Å². The minimum absolute atomic E-state index is 0. The van der Waals surface area contributed by atoms with E-state index in [-0.39, 0.29) is 23.1 Å². The second-order valence-electron chi connectivity index (χ2n) is 8.35. The van der Waals surface area contributed by atoms with E-state index < -0.39 is 16.1 Å². The molecule has 10 nitrogen and oxygen atoms in total. The van der Waals surface area contributed by atoms with Crippen molar-refractivity contribution in [2.45, 2.75) is 44.6 Å². The number of aromatic nitrogens is 2. The average molecular weight is 537 g/mol. The Balaban J connectivity index is 0.00000456. The van der Waals surface area contributed by atoms with E-state index in [1.54, 1.807) is 38.6 Å². The van der Waals surface area contributed by atoms with Crippen LogP contribution in [0, 0.1) is 20.8 Å². The van der Waals surface area contributed by atoms with Crippen LogP contribution in [-0.4, -0.2) is 49.8 Å². The number of hydrogen-bond acceptors (Lipinski definition) is 7. The van der Waals surface area contributed by atoms with Crippen molar-refractivity contribution in [3.63, 3.8) is 0 Å². The van der Waals surface area contributed by atoms with Gasteiger partial charge in [-0.15, -0.1) is 16.8 Å². The molecule has 1 aromatic heterocycles. The van der Waals surface area contributed by atoms with Crippen LogP contribution in [0.15, 0.2) is 39.6 Å². The summed E-state index contributed by atoms with van der Waals surface area (Å²) in [5, 5.41) is 0. The molecule has 0 aliphatic carbocycles. The van der Waals surface area contributed by atoms with Gasteiger partial charge in [0.25, 0.3) is 10.0 Å². The smallest absolute Gasteiger partial charge is 0.284 e. The van der Waals surface area contributed by atoms with Crippen molar-refractivity contribution in [3.05, 3.63) is 52.8 Å². The third-order valence-corrected chi connectivity index (χ3v) is 7.50. The number of hydrogen-bond donors (Lipinski definition) is 3. The van der Waals surface area contributed by atoms with Gasteiger partial charge >= 0.3 is 0 Å². The second kappa shape index (κ2) is 12.3. The van der Waals surface area contributed by atoms with Crippen molar-refractivity contribution in [1.82, 2.24) is 20.4 Å². The first-order chi connectivity index (χ1) is 16.6. The maximum atomic E-state index is 12.7. The topological polar surface area (TPSA) is 141 Å². The Labute approximate surface area is 217 Å². The number of carbonyl (C=O) groups excluding carboxylic acids is 1. The summed E-state index contributed by atoms with van der Waals surface area (Å²) in [4.78, 5) is 17.3. The zero-order chi connectivity index (χ0) is 25.8. The van der Waals surface area contributed by atoms with Crippen molar-refractivity contribution < 1.29 is 17.9 Å². The number of sulfonamides is 1. The number of aryl methyl sites for hydroxylation is 2. The molecule has 0 saturated carbocycles. The number of nitrogens with zero attached hydrogens (tertiary/aromatic N) is 3. The first kappa shape index (κ1) is 29.2. The number of nitrogens with two attached hydrogens (primary N) is 1. The normalized spacial score (nSPS) is 12.5. The minimum atomic E-state index is -3.89. The first-order valence-corrected chi connectivity index (χ1v) is 12.7. The third kappa shape index (κ3) is 6.22. The Morgan fingerprint density at radius 3 is 2.61 bits per heavy atom. The average Bonchev–Trinajstić information content (AvgIpc) is 3.16. The number of Topliss-reactive ketones (excluding diaryl/α,β-unsaturated/α-hetero) is 1. The van der Waals surface area contributed by atoms with E-state index >= 15 is 0 Å². The Hall–Kier alpha value is -2.99. The number of halogens is 1. The van der Waals surface area contributed by atoms with Gasteiger partial charge in [0.15, 0.2) is 5.82 Å². The van der Waals surface area contributed by atoms with Crippen molar-refractivity contribution in [3.8, 4) is 5.75 Å². The quantitative estimate of drug-likeness (QED) is 0.112. The van der Waals surface area contributed by atoms with E-state index in [1.807, 2.05) is 31.2 Å². The molecule has 3 aromatic rings. The Morgan fingerprint density at radius 1 is 1.25 bits per heavy atom. The maximum absolute atomic E-state index is 12.7. The lowest BCUT2D eigenvalue weighted by atomic mass is 10.1. The molecule has 0 fully saturated rings. The predicted octanol–water partition coefficient (Wildman–Crippen LogP) is 2.73. The Kier molecular flexibility index (Phi) is 10.00. The molecule has 0 radical (unpaired) electrons. The van der Waals surface area contributed by atoms with Gasteiger partial charge in [0.1, 0.15) is 12.1 Å². The van der Waals surface area contributed by atoms with Crippen LogP contribution >= 0.6 is 12.4 Å². The molecule has 1 atom stereocenters. The molecule has 0 unspecified atom stereocenters. The van der Waals surface area contributed by atoms with Gasteiger partial charge in [-0.1, -0.05) is 12.1 Å². The number of imidazole rings is 1. The molecule has 0 bridgehead atoms. The highest BCUT2D eigenvalue weighted by Gasteiger charge is 2.22. The summed E-state index contributed by atoms with van der Waals surface area (Å²) in [6.07, 6.45) is 2.12. The number of ether oxygens (including phenoxy) is 1. The Morgan fingerprint density at radius 2 is 1.94 bits per heavy atom. The van der Waals surface area contributed by atoms with Gasteiger partial charge in [-0.3, -0.25) is 4.79 Å². The molecule has 3 rings (SSSR count). The number of carbonyl (C=O) groups is 1. The van der Waals surface area contributed by atoms with Crippen molar-refractivity contribution in [1.29, 1.82) is 0 Å². The van der Waals surface area contributed by atoms with Crippen LogP contribution in [0.2, 0.25) is 0 Å². The van der Waals surface area contributed by atoms with Crippen LogP contribution in [0.1, 0.15) is 40.2 Å². The number of methoxy groups -OCH3 is 1. The highest BCUT2D eigenvalue weighted by molar-refractivity contribution is 7.90. The summed E-state index contributed by atoms with van der Waals surface area (Å²) >= 11 is 0. The number of hydrazine groups is 1. The lowest BCUT2D eigenvalue weighted by Gasteiger charge is -2.14. The molecule has 12 heteroatoms. The van der Waals surface area contributed by atoms with E-state index in [1.165, 1.54) is 0 Å². The van der Waals surface area contributed by atoms with Gasteiger partial charge in [0.05, 0.1) is 29.1 Å². The number of rotatable bonds is 11. The SMILES string of the molecule is COc1cc(C)c(S(=O)(=O)N=CNNCCC[C@H](N)C(=O)c2nc3ccccc3n2C)c(C)c1C.Cl. The molecule has 2 aromatic carbocycles. The summed E-state index contributed by atoms with van der Waals surface area (Å²) < 4.78 is 36.2. The van der Waals surface area contributed by atoms with Gasteiger partial charge in [0, 0.05) is 13.6 Å². The fraction of sp³-hybridized carbons (Fsp3) is 0.375. The number of nitrogens with one attached hydrogen (secondary N) is 2. The fourth-order valence-electron chi connectivity index (χ4n) is 3.97. The number of para-hydroxylation sites is 2. The number of fused-ring (bicyclic) bond motifs is 1. The standard InChI is InChI=1S/C24H32N6O4S.ClH/c1-15-13-21(34-5)16(2)17(3)23(15)35(32,33)28-14-27-26-12-8-9-18(25)22(31)24-29-19-10-6-7-11-20(19)30(24)4;/h6-7,10-11,13-14,18,26H,8-9,12,25H2,1-5H3,(H,27,28);1H/t18-;/m0./s1. The van der Waals surface area contributed by atoms with Gasteiger partial charge in [-0.05, 0) is 68.5 Å². The van der Waals surface area contributed by atoms with E-state index in [0.29, 0.717) is 42.1 Å². The van der Waals surface area contributed by atoms with Crippen LogP contribution in [0.5, 0.6) is 5.75 Å². The molecule has 4 N–H and O–H groups in total. The molecule has 0 saturated heterocycles.